The van der Waals surface area contributed by atoms with Gasteiger partial charge < -0.3 is 10.8 Å². The molecule has 0 heterocycles. The minimum Gasteiger partial charge on any atom is -0.481 e. The molecule has 3 N–H and O–H groups in total. The third-order valence-corrected chi connectivity index (χ3v) is 2.05. The molecule has 0 radical (unpaired) electrons. The number of hydrogen-bond acceptors (Lipinski definition) is 2. The lowest BCUT2D eigenvalue weighted by Crippen LogP contribution is -2.28. The Labute approximate surface area is 89.7 Å². The summed E-state index contributed by atoms with van der Waals surface area (Å²) >= 11 is 0. The van der Waals surface area contributed by atoms with Crippen LogP contribution >= 0.6 is 0 Å². The van der Waals surface area contributed by atoms with E-state index < -0.39 is 18.2 Å². The Hall–Kier alpha value is -1.56. The van der Waals surface area contributed by atoms with Crippen molar-refractivity contribution in [3.8, 4) is 0 Å². The lowest BCUT2D eigenvalue weighted by atomic mass is 10.0. The SMILES string of the molecule is N[C@H](c1ccc(CC(=O)O)cc1)C(F)(F)F. The fourth-order valence-corrected chi connectivity index (χ4v) is 1.21. The maximum absolute atomic E-state index is 12.2. The van der Waals surface area contributed by atoms with Crippen LogP contribution in [-0.4, -0.2) is 17.3 Å². The van der Waals surface area contributed by atoms with Crippen LogP contribution in [0, 0.1) is 0 Å². The van der Waals surface area contributed by atoms with Gasteiger partial charge in [0.05, 0.1) is 6.42 Å². The third-order valence-electron chi connectivity index (χ3n) is 2.05. The Kier molecular flexibility index (Phi) is 3.54. The van der Waals surface area contributed by atoms with Gasteiger partial charge in [0, 0.05) is 0 Å². The summed E-state index contributed by atoms with van der Waals surface area (Å²) in [6.07, 6.45) is -4.71. The highest BCUT2D eigenvalue weighted by molar-refractivity contribution is 5.70. The van der Waals surface area contributed by atoms with Gasteiger partial charge in [-0.1, -0.05) is 24.3 Å². The summed E-state index contributed by atoms with van der Waals surface area (Å²) in [6, 6.07) is 3.00. The van der Waals surface area contributed by atoms with Crippen LogP contribution in [0.4, 0.5) is 13.2 Å². The Morgan fingerprint density at radius 1 is 1.31 bits per heavy atom. The molecular formula is C10H10F3NO2. The first-order valence-corrected chi connectivity index (χ1v) is 4.43. The monoisotopic (exact) mass is 233 g/mol. The first-order chi connectivity index (χ1) is 7.30. The van der Waals surface area contributed by atoms with Gasteiger partial charge in [-0.05, 0) is 11.1 Å². The highest BCUT2D eigenvalue weighted by Crippen LogP contribution is 2.30. The number of hydrogen-bond donors (Lipinski definition) is 2. The zero-order valence-electron chi connectivity index (χ0n) is 8.16. The van der Waals surface area contributed by atoms with Crippen molar-refractivity contribution in [2.75, 3.05) is 0 Å². The summed E-state index contributed by atoms with van der Waals surface area (Å²) in [6.45, 7) is 0. The molecular weight excluding hydrogens is 223 g/mol. The van der Waals surface area contributed by atoms with Crippen molar-refractivity contribution >= 4 is 5.97 Å². The van der Waals surface area contributed by atoms with E-state index in [-0.39, 0.29) is 12.0 Å². The number of halogens is 3. The van der Waals surface area contributed by atoms with Crippen molar-refractivity contribution < 1.29 is 23.1 Å². The van der Waals surface area contributed by atoms with E-state index in [9.17, 15) is 18.0 Å². The Bertz CT molecular complexity index is 373. The average molecular weight is 233 g/mol. The standard InChI is InChI=1S/C10H10F3NO2/c11-10(12,13)9(14)7-3-1-6(2-4-7)5-8(15)16/h1-4,9H,5,14H2,(H,15,16)/t9-/m1/s1. The summed E-state index contributed by atoms with van der Waals surface area (Å²) in [4.78, 5) is 10.3. The first kappa shape index (κ1) is 12.5. The average Bonchev–Trinajstić information content (AvgIpc) is 2.15. The number of rotatable bonds is 3. The van der Waals surface area contributed by atoms with Crippen molar-refractivity contribution in [1.29, 1.82) is 0 Å². The summed E-state index contributed by atoms with van der Waals surface area (Å²) < 4.78 is 36.7. The smallest absolute Gasteiger partial charge is 0.407 e. The van der Waals surface area contributed by atoms with Crippen molar-refractivity contribution in [3.63, 3.8) is 0 Å². The highest BCUT2D eigenvalue weighted by Gasteiger charge is 2.37. The van der Waals surface area contributed by atoms with Gasteiger partial charge in [0.15, 0.2) is 0 Å². The van der Waals surface area contributed by atoms with Crippen LogP contribution < -0.4 is 5.73 Å². The third kappa shape index (κ3) is 3.23. The minimum atomic E-state index is -4.49. The second-order valence-corrected chi connectivity index (χ2v) is 3.33. The molecule has 0 aromatic heterocycles. The predicted octanol–water partition coefficient (Wildman–Crippen LogP) is 1.88. The quantitative estimate of drug-likeness (QED) is 0.837. The molecule has 0 saturated heterocycles. The molecule has 1 aromatic rings. The molecule has 16 heavy (non-hydrogen) atoms. The van der Waals surface area contributed by atoms with Gasteiger partial charge in [-0.25, -0.2) is 0 Å². The number of carbonyl (C=O) groups is 1. The molecule has 88 valence electrons. The van der Waals surface area contributed by atoms with Gasteiger partial charge in [-0.15, -0.1) is 0 Å². The minimum absolute atomic E-state index is 0.0818. The zero-order chi connectivity index (χ0) is 12.3. The molecule has 0 aliphatic carbocycles. The number of carboxylic acids is 1. The van der Waals surface area contributed by atoms with Crippen LogP contribution in [0.2, 0.25) is 0 Å². The maximum Gasteiger partial charge on any atom is 0.407 e. The fourth-order valence-electron chi connectivity index (χ4n) is 1.21. The van der Waals surface area contributed by atoms with Gasteiger partial charge in [0.25, 0.3) is 0 Å². The van der Waals surface area contributed by atoms with Crippen LogP contribution in [0.1, 0.15) is 17.2 Å². The molecule has 0 amide bonds. The molecule has 0 fully saturated rings. The molecule has 1 atom stereocenters. The largest absolute Gasteiger partial charge is 0.481 e. The van der Waals surface area contributed by atoms with E-state index in [0.717, 1.165) is 0 Å². The van der Waals surface area contributed by atoms with E-state index in [1.807, 2.05) is 0 Å². The van der Waals surface area contributed by atoms with Gasteiger partial charge in [-0.2, -0.15) is 13.2 Å². The van der Waals surface area contributed by atoms with Crippen LogP contribution in [0.15, 0.2) is 24.3 Å². The number of aliphatic carboxylic acids is 1. The van der Waals surface area contributed by atoms with Crippen LogP contribution in [0.5, 0.6) is 0 Å². The molecule has 0 spiro atoms. The summed E-state index contributed by atoms with van der Waals surface area (Å²) in [7, 11) is 0. The van der Waals surface area contributed by atoms with Gasteiger partial charge >= 0.3 is 12.1 Å². The molecule has 0 aliphatic heterocycles. The second-order valence-electron chi connectivity index (χ2n) is 3.33. The van der Waals surface area contributed by atoms with E-state index in [1.54, 1.807) is 0 Å². The zero-order valence-corrected chi connectivity index (χ0v) is 8.16. The molecule has 1 rings (SSSR count). The Balaban J connectivity index is 2.83. The molecule has 0 saturated carbocycles. The number of carboxylic acid groups (broad SMARTS) is 1. The topological polar surface area (TPSA) is 63.3 Å². The van der Waals surface area contributed by atoms with Gasteiger partial charge in [0.2, 0.25) is 0 Å². The number of nitrogens with two attached hydrogens (primary N) is 1. The van der Waals surface area contributed by atoms with E-state index in [0.29, 0.717) is 5.56 Å². The van der Waals surface area contributed by atoms with E-state index in [4.69, 9.17) is 10.8 Å². The predicted molar refractivity (Wildman–Crippen MR) is 50.8 cm³/mol. The van der Waals surface area contributed by atoms with E-state index in [1.165, 1.54) is 24.3 Å². The summed E-state index contributed by atoms with van der Waals surface area (Å²) in [5.41, 5.74) is 5.34. The molecule has 3 nitrogen and oxygen atoms in total. The van der Waals surface area contributed by atoms with Crippen LogP contribution in [0.25, 0.3) is 0 Å². The molecule has 6 heteroatoms. The number of alkyl halides is 3. The number of benzene rings is 1. The van der Waals surface area contributed by atoms with Crippen molar-refractivity contribution in [1.82, 2.24) is 0 Å². The lowest BCUT2D eigenvalue weighted by molar-refractivity contribution is -0.149. The Morgan fingerprint density at radius 2 is 1.81 bits per heavy atom. The van der Waals surface area contributed by atoms with Crippen LogP contribution in [0.3, 0.4) is 0 Å². The molecule has 0 unspecified atom stereocenters. The molecule has 0 bridgehead atoms. The summed E-state index contributed by atoms with van der Waals surface area (Å²) in [5.74, 6) is -1.03. The Morgan fingerprint density at radius 3 is 2.19 bits per heavy atom. The second kappa shape index (κ2) is 4.52. The van der Waals surface area contributed by atoms with E-state index >= 15 is 0 Å². The lowest BCUT2D eigenvalue weighted by Gasteiger charge is -2.15. The highest BCUT2D eigenvalue weighted by atomic mass is 19.4. The molecule has 1 aromatic carbocycles. The first-order valence-electron chi connectivity index (χ1n) is 4.43. The van der Waals surface area contributed by atoms with Crippen molar-refractivity contribution in [2.24, 2.45) is 5.73 Å². The van der Waals surface area contributed by atoms with Crippen LogP contribution in [-0.2, 0) is 11.2 Å². The molecule has 0 aliphatic rings. The van der Waals surface area contributed by atoms with Gasteiger partial charge in [-0.3, -0.25) is 4.79 Å². The van der Waals surface area contributed by atoms with Crippen molar-refractivity contribution in [3.05, 3.63) is 35.4 Å². The fraction of sp³-hybridized carbons (Fsp3) is 0.300. The van der Waals surface area contributed by atoms with Crippen molar-refractivity contribution in [2.45, 2.75) is 18.6 Å². The normalized spacial score (nSPS) is 13.5. The van der Waals surface area contributed by atoms with Gasteiger partial charge in [0.1, 0.15) is 6.04 Å². The maximum atomic E-state index is 12.2. The van der Waals surface area contributed by atoms with E-state index in [2.05, 4.69) is 0 Å². The summed E-state index contributed by atoms with van der Waals surface area (Å²) in [5, 5.41) is 8.47.